The van der Waals surface area contributed by atoms with Crippen LogP contribution >= 0.6 is 11.3 Å². The fourth-order valence-electron chi connectivity index (χ4n) is 10.3. The molecule has 11 aromatic rings. The van der Waals surface area contributed by atoms with Crippen molar-refractivity contribution in [1.82, 2.24) is 4.48 Å². The van der Waals surface area contributed by atoms with Crippen LogP contribution in [0.4, 0.5) is 17.1 Å². The van der Waals surface area contributed by atoms with E-state index in [1.54, 1.807) is 0 Å². The second-order valence-corrected chi connectivity index (χ2v) is 17.8. The summed E-state index contributed by atoms with van der Waals surface area (Å²) < 4.78 is 10.8. The molecule has 3 aromatic heterocycles. The molecule has 0 N–H and O–H groups in total. The third-order valence-corrected chi connectivity index (χ3v) is 13.9. The summed E-state index contributed by atoms with van der Waals surface area (Å²) >= 11 is 1.92. The number of furan rings is 1. The Morgan fingerprint density at radius 2 is 1.28 bits per heavy atom. The van der Waals surface area contributed by atoms with Crippen LogP contribution < -0.4 is 15.8 Å². The topological polar surface area (TPSA) is 21.3 Å². The second-order valence-electron chi connectivity index (χ2n) is 16.8. The minimum Gasteiger partial charge on any atom is -0.456 e. The zero-order valence-corrected chi connectivity index (χ0v) is 32.6. The second kappa shape index (κ2) is 11.1. The summed E-state index contributed by atoms with van der Waals surface area (Å²) in [6, 6.07) is 58.6. The standard InChI is InChI=1S/C52H35BN2OS/c1-52(2,3)32-24-25-39(38(29-32)30-14-5-4-6-15-30)54-40-26-27-43-47(34-18-9-11-22-42(34)56-43)48(40)53-49-41(54)28-31-16-7-8-17-33(31)45(49)36-20-13-21-37-46-35-19-10-12-23-44(35)57-51(46)55(53)50(36)37/h4-29H,1-3H3. The van der Waals surface area contributed by atoms with Gasteiger partial charge in [0.1, 0.15) is 11.2 Å². The normalized spacial score (nSPS) is 13.5. The van der Waals surface area contributed by atoms with Gasteiger partial charge in [0.05, 0.1) is 10.5 Å². The Morgan fingerprint density at radius 3 is 2.14 bits per heavy atom. The predicted octanol–water partition coefficient (Wildman–Crippen LogP) is 13.4. The van der Waals surface area contributed by atoms with E-state index in [0.717, 1.165) is 16.6 Å². The monoisotopic (exact) mass is 746 g/mol. The number of para-hydroxylation sites is 2. The highest BCUT2D eigenvalue weighted by Crippen LogP contribution is 2.52. The van der Waals surface area contributed by atoms with Gasteiger partial charge in [-0.25, -0.2) is 0 Å². The van der Waals surface area contributed by atoms with Crippen LogP contribution in [0.3, 0.4) is 0 Å². The Bertz CT molecular complexity index is 3530. The van der Waals surface area contributed by atoms with E-state index in [2.05, 4.69) is 188 Å². The molecular weight excluding hydrogens is 711 g/mol. The van der Waals surface area contributed by atoms with Gasteiger partial charge in [0.2, 0.25) is 0 Å². The van der Waals surface area contributed by atoms with Crippen molar-refractivity contribution < 1.29 is 4.42 Å². The summed E-state index contributed by atoms with van der Waals surface area (Å²) in [7, 11) is 0. The quantitative estimate of drug-likeness (QED) is 0.164. The van der Waals surface area contributed by atoms with Crippen molar-refractivity contribution >= 4 is 110 Å². The summed E-state index contributed by atoms with van der Waals surface area (Å²) in [4.78, 5) is 3.90. The molecule has 5 heterocycles. The molecule has 268 valence electrons. The number of hydrogen-bond acceptors (Lipinski definition) is 3. The van der Waals surface area contributed by atoms with Crippen molar-refractivity contribution in [3.63, 3.8) is 0 Å². The SMILES string of the molecule is CC(C)(C)c1ccc(N2c3cc4ccccc4c4c3B(c3c2ccc2oc5ccccc5c32)n2c3sc5ccccc5c3c3cccc-4c32)c(-c2ccccc2)c1. The third-order valence-electron chi connectivity index (χ3n) is 12.7. The zero-order valence-electron chi connectivity index (χ0n) is 31.8. The van der Waals surface area contributed by atoms with Crippen LogP contribution in [0, 0.1) is 0 Å². The van der Waals surface area contributed by atoms with Gasteiger partial charge in [-0.2, -0.15) is 0 Å². The molecular formula is C52H35BN2OS. The molecule has 0 saturated carbocycles. The van der Waals surface area contributed by atoms with E-state index in [1.807, 2.05) is 11.3 Å². The van der Waals surface area contributed by atoms with Crippen molar-refractivity contribution in [3.05, 3.63) is 163 Å². The number of anilines is 3. The summed E-state index contributed by atoms with van der Waals surface area (Å²) in [5, 5.41) is 8.85. The molecule has 0 radical (unpaired) electrons. The molecule has 0 aliphatic carbocycles. The fourth-order valence-corrected chi connectivity index (χ4v) is 11.5. The number of benzene rings is 8. The molecule has 0 atom stereocenters. The first-order chi connectivity index (χ1) is 27.9. The van der Waals surface area contributed by atoms with Crippen molar-refractivity contribution in [2.75, 3.05) is 4.90 Å². The highest BCUT2D eigenvalue weighted by Gasteiger charge is 2.45. The molecule has 0 fully saturated rings. The van der Waals surface area contributed by atoms with Crippen LogP contribution in [0.2, 0.25) is 0 Å². The molecule has 0 bridgehead atoms. The van der Waals surface area contributed by atoms with Crippen LogP contribution in [-0.4, -0.2) is 11.3 Å². The van der Waals surface area contributed by atoms with Gasteiger partial charge in [-0.3, -0.25) is 0 Å². The largest absolute Gasteiger partial charge is 0.456 e. The Balaban J connectivity index is 1.26. The van der Waals surface area contributed by atoms with Gasteiger partial charge in [0, 0.05) is 59.6 Å². The maximum absolute atomic E-state index is 6.74. The molecule has 0 spiro atoms. The van der Waals surface area contributed by atoms with Gasteiger partial charge < -0.3 is 13.8 Å². The number of thiophene rings is 1. The Labute approximate surface area is 334 Å². The summed E-state index contributed by atoms with van der Waals surface area (Å²) in [6.45, 7) is 6.82. The number of rotatable bonds is 2. The van der Waals surface area contributed by atoms with Gasteiger partial charge in [-0.1, -0.05) is 136 Å². The van der Waals surface area contributed by atoms with Crippen molar-refractivity contribution in [2.45, 2.75) is 26.2 Å². The lowest BCUT2D eigenvalue weighted by Gasteiger charge is -2.42. The molecule has 57 heavy (non-hydrogen) atoms. The van der Waals surface area contributed by atoms with Gasteiger partial charge in [-0.05, 0) is 86.3 Å². The number of nitrogens with zero attached hydrogens (tertiary/aromatic N) is 2. The van der Waals surface area contributed by atoms with E-state index in [4.69, 9.17) is 4.42 Å². The van der Waals surface area contributed by atoms with Gasteiger partial charge in [0.15, 0.2) is 0 Å². The fraction of sp³-hybridized carbons (Fsp3) is 0.0769. The van der Waals surface area contributed by atoms with E-state index < -0.39 is 0 Å². The van der Waals surface area contributed by atoms with Crippen molar-refractivity contribution in [2.24, 2.45) is 0 Å². The van der Waals surface area contributed by atoms with E-state index in [-0.39, 0.29) is 12.3 Å². The molecule has 2 aliphatic rings. The Morgan fingerprint density at radius 1 is 0.544 bits per heavy atom. The average molecular weight is 747 g/mol. The lowest BCUT2D eigenvalue weighted by atomic mass is 9.44. The van der Waals surface area contributed by atoms with Crippen LogP contribution in [0.1, 0.15) is 26.3 Å². The van der Waals surface area contributed by atoms with Crippen LogP contribution in [0.5, 0.6) is 0 Å². The van der Waals surface area contributed by atoms with E-state index >= 15 is 0 Å². The van der Waals surface area contributed by atoms with E-state index in [1.165, 1.54) is 103 Å². The highest BCUT2D eigenvalue weighted by molar-refractivity contribution is 7.26. The summed E-state index contributed by atoms with van der Waals surface area (Å²) in [5.74, 6) is 0. The van der Waals surface area contributed by atoms with Crippen LogP contribution in [0.15, 0.2) is 162 Å². The first-order valence-electron chi connectivity index (χ1n) is 19.9. The van der Waals surface area contributed by atoms with Crippen molar-refractivity contribution in [1.29, 1.82) is 0 Å². The van der Waals surface area contributed by atoms with Gasteiger partial charge in [-0.15, -0.1) is 11.3 Å². The lowest BCUT2D eigenvalue weighted by molar-refractivity contribution is 0.590. The van der Waals surface area contributed by atoms with Crippen LogP contribution in [0.25, 0.3) is 86.2 Å². The Kier molecular flexibility index (Phi) is 6.14. The highest BCUT2D eigenvalue weighted by atomic mass is 32.1. The molecule has 5 heteroatoms. The molecule has 0 unspecified atom stereocenters. The lowest BCUT2D eigenvalue weighted by Crippen LogP contribution is -2.57. The maximum Gasteiger partial charge on any atom is 0.334 e. The van der Waals surface area contributed by atoms with Crippen LogP contribution in [-0.2, 0) is 5.41 Å². The van der Waals surface area contributed by atoms with E-state index in [9.17, 15) is 0 Å². The van der Waals surface area contributed by atoms with Crippen molar-refractivity contribution in [3.8, 4) is 22.3 Å². The predicted molar refractivity (Wildman–Crippen MR) is 244 cm³/mol. The first kappa shape index (κ1) is 31.6. The van der Waals surface area contributed by atoms with Gasteiger partial charge in [0.25, 0.3) is 0 Å². The molecule has 2 aliphatic heterocycles. The minimum absolute atomic E-state index is 0.0178. The van der Waals surface area contributed by atoms with E-state index in [0.29, 0.717) is 0 Å². The molecule has 0 amide bonds. The number of fused-ring (bicyclic) bond motifs is 15. The summed E-state index contributed by atoms with van der Waals surface area (Å²) in [6.07, 6.45) is 0. The molecule has 0 saturated heterocycles. The maximum atomic E-state index is 6.74. The smallest absolute Gasteiger partial charge is 0.334 e. The Hall–Kier alpha value is -6.56. The first-order valence-corrected chi connectivity index (χ1v) is 20.7. The summed E-state index contributed by atoms with van der Waals surface area (Å²) in [5.41, 5.74) is 15.7. The zero-order chi connectivity index (χ0) is 37.7. The minimum atomic E-state index is -0.104. The molecule has 8 aromatic carbocycles. The third kappa shape index (κ3) is 4.12. The number of aromatic nitrogens is 1. The average Bonchev–Trinajstić information content (AvgIpc) is 3.91. The number of hydrogen-bond donors (Lipinski definition) is 0. The molecule has 13 rings (SSSR count). The van der Waals surface area contributed by atoms with Gasteiger partial charge >= 0.3 is 6.85 Å². The molecule has 3 nitrogen and oxygen atoms in total.